The summed E-state index contributed by atoms with van der Waals surface area (Å²) in [7, 11) is 3.58. The Labute approximate surface area is 139 Å². The lowest BCUT2D eigenvalue weighted by Crippen LogP contribution is -2.54. The predicted octanol–water partition coefficient (Wildman–Crippen LogP) is 2.38. The number of rotatable bonds is 4. The molecule has 5 nitrogen and oxygen atoms in total. The Kier molecular flexibility index (Phi) is 5.26. The average Bonchev–Trinajstić information content (AvgIpc) is 2.57. The predicted molar refractivity (Wildman–Crippen MR) is 95.5 cm³/mol. The molecule has 0 radical (unpaired) electrons. The maximum absolute atomic E-state index is 5.35. The van der Waals surface area contributed by atoms with Crippen molar-refractivity contribution in [3.05, 3.63) is 24.3 Å². The minimum atomic E-state index is 0.432. The summed E-state index contributed by atoms with van der Waals surface area (Å²) in [4.78, 5) is 6.82. The number of aliphatic imine (C=N–C) groups is 1. The van der Waals surface area contributed by atoms with E-state index < -0.39 is 0 Å². The van der Waals surface area contributed by atoms with Crippen molar-refractivity contribution in [1.29, 1.82) is 0 Å². The molecule has 5 heteroatoms. The van der Waals surface area contributed by atoms with E-state index in [1.807, 2.05) is 13.1 Å². The molecule has 2 aliphatic rings. The van der Waals surface area contributed by atoms with E-state index in [2.05, 4.69) is 38.7 Å². The van der Waals surface area contributed by atoms with Crippen molar-refractivity contribution >= 4 is 11.6 Å². The number of nitrogens with zero attached hydrogens (tertiary/aromatic N) is 2. The minimum absolute atomic E-state index is 0.432. The molecule has 23 heavy (non-hydrogen) atoms. The van der Waals surface area contributed by atoms with Gasteiger partial charge in [-0.15, -0.1) is 0 Å². The number of guanidine groups is 1. The summed E-state index contributed by atoms with van der Waals surface area (Å²) in [6.07, 6.45) is 6.24. The standard InChI is InChI=1S/C18H28N4O/c1-19-18(20-14-6-3-7-14)21-15-8-5-11-22(13-15)16-9-4-10-17(12-16)23-2/h4,9-10,12,14-15H,3,5-8,11,13H2,1-2H3,(H2,19,20,21). The number of methoxy groups -OCH3 is 1. The molecule has 1 saturated heterocycles. The van der Waals surface area contributed by atoms with Crippen LogP contribution in [0.2, 0.25) is 0 Å². The van der Waals surface area contributed by atoms with Crippen LogP contribution in [0.3, 0.4) is 0 Å². The van der Waals surface area contributed by atoms with Gasteiger partial charge in [0.25, 0.3) is 0 Å². The minimum Gasteiger partial charge on any atom is -0.497 e. The molecule has 1 aliphatic carbocycles. The first kappa shape index (κ1) is 16.0. The maximum Gasteiger partial charge on any atom is 0.191 e. The molecule has 126 valence electrons. The van der Waals surface area contributed by atoms with Gasteiger partial charge in [0, 0.05) is 44.0 Å². The first-order chi connectivity index (χ1) is 11.3. The van der Waals surface area contributed by atoms with Crippen LogP contribution in [0.15, 0.2) is 29.3 Å². The number of benzene rings is 1. The van der Waals surface area contributed by atoms with Gasteiger partial charge in [0.1, 0.15) is 5.75 Å². The molecule has 0 aromatic heterocycles. The van der Waals surface area contributed by atoms with Gasteiger partial charge in [-0.2, -0.15) is 0 Å². The quantitative estimate of drug-likeness (QED) is 0.661. The zero-order valence-electron chi connectivity index (χ0n) is 14.2. The van der Waals surface area contributed by atoms with E-state index >= 15 is 0 Å². The summed E-state index contributed by atoms with van der Waals surface area (Å²) in [6, 6.07) is 9.37. The largest absolute Gasteiger partial charge is 0.497 e. The zero-order chi connectivity index (χ0) is 16.1. The molecule has 1 unspecified atom stereocenters. The third kappa shape index (κ3) is 4.09. The highest BCUT2D eigenvalue weighted by molar-refractivity contribution is 5.80. The Morgan fingerprint density at radius 3 is 2.65 bits per heavy atom. The average molecular weight is 316 g/mol. The third-order valence-electron chi connectivity index (χ3n) is 4.85. The number of hydrogen-bond donors (Lipinski definition) is 2. The highest BCUT2D eigenvalue weighted by atomic mass is 16.5. The van der Waals surface area contributed by atoms with Gasteiger partial charge in [-0.05, 0) is 44.2 Å². The summed E-state index contributed by atoms with van der Waals surface area (Å²) in [5, 5.41) is 7.12. The van der Waals surface area contributed by atoms with Crippen molar-refractivity contribution in [2.45, 2.75) is 44.2 Å². The Morgan fingerprint density at radius 2 is 1.96 bits per heavy atom. The van der Waals surface area contributed by atoms with E-state index in [1.54, 1.807) is 7.11 Å². The molecule has 2 N–H and O–H groups in total. The second-order valence-corrected chi connectivity index (χ2v) is 6.48. The van der Waals surface area contributed by atoms with Crippen LogP contribution in [0.5, 0.6) is 5.75 Å². The van der Waals surface area contributed by atoms with Crippen LogP contribution in [0.1, 0.15) is 32.1 Å². The third-order valence-corrected chi connectivity index (χ3v) is 4.85. The van der Waals surface area contributed by atoms with Crippen molar-refractivity contribution in [3.8, 4) is 5.75 Å². The maximum atomic E-state index is 5.35. The normalized spacial score (nSPS) is 22.4. The smallest absolute Gasteiger partial charge is 0.191 e. The molecule has 1 aromatic carbocycles. The Bertz CT molecular complexity index is 542. The van der Waals surface area contributed by atoms with Crippen LogP contribution < -0.4 is 20.3 Å². The van der Waals surface area contributed by atoms with Crippen molar-refractivity contribution in [1.82, 2.24) is 10.6 Å². The van der Waals surface area contributed by atoms with Gasteiger partial charge in [-0.3, -0.25) is 4.99 Å². The first-order valence-corrected chi connectivity index (χ1v) is 8.67. The van der Waals surface area contributed by atoms with Gasteiger partial charge >= 0.3 is 0 Å². The van der Waals surface area contributed by atoms with Crippen LogP contribution in [0.4, 0.5) is 5.69 Å². The lowest BCUT2D eigenvalue weighted by atomic mass is 9.93. The molecule has 0 spiro atoms. The van der Waals surface area contributed by atoms with Gasteiger partial charge in [-0.1, -0.05) is 6.07 Å². The van der Waals surface area contributed by atoms with Crippen LogP contribution in [0.25, 0.3) is 0 Å². The molecule has 1 aliphatic heterocycles. The van der Waals surface area contributed by atoms with Crippen LogP contribution in [-0.4, -0.2) is 45.3 Å². The fourth-order valence-corrected chi connectivity index (χ4v) is 3.25. The molecule has 1 saturated carbocycles. The Morgan fingerprint density at radius 1 is 1.17 bits per heavy atom. The van der Waals surface area contributed by atoms with Gasteiger partial charge in [0.05, 0.1) is 7.11 Å². The fraction of sp³-hybridized carbons (Fsp3) is 0.611. The van der Waals surface area contributed by atoms with Gasteiger partial charge in [0.15, 0.2) is 5.96 Å². The SMILES string of the molecule is CN=C(NC1CCC1)NC1CCCN(c2cccc(OC)c2)C1. The van der Waals surface area contributed by atoms with E-state index in [9.17, 15) is 0 Å². The van der Waals surface area contributed by atoms with Gasteiger partial charge in [0.2, 0.25) is 0 Å². The molecule has 0 amide bonds. The Balaban J connectivity index is 1.58. The topological polar surface area (TPSA) is 48.9 Å². The lowest BCUT2D eigenvalue weighted by Gasteiger charge is -2.36. The van der Waals surface area contributed by atoms with Crippen LogP contribution >= 0.6 is 0 Å². The highest BCUT2D eigenvalue weighted by Gasteiger charge is 2.23. The summed E-state index contributed by atoms with van der Waals surface area (Å²) < 4.78 is 5.35. The van der Waals surface area contributed by atoms with Crippen molar-refractivity contribution in [3.63, 3.8) is 0 Å². The number of anilines is 1. The molecular weight excluding hydrogens is 288 g/mol. The summed E-state index contributed by atoms with van der Waals surface area (Å²) in [5.74, 6) is 1.87. The van der Waals surface area contributed by atoms with Crippen molar-refractivity contribution < 1.29 is 4.74 Å². The van der Waals surface area contributed by atoms with Crippen molar-refractivity contribution in [2.75, 3.05) is 32.1 Å². The molecule has 2 fully saturated rings. The Hall–Kier alpha value is -1.91. The second-order valence-electron chi connectivity index (χ2n) is 6.48. The van der Waals surface area contributed by atoms with E-state index in [1.165, 1.54) is 37.8 Å². The van der Waals surface area contributed by atoms with E-state index in [-0.39, 0.29) is 0 Å². The van der Waals surface area contributed by atoms with E-state index in [0.717, 1.165) is 24.8 Å². The molecule has 1 aromatic rings. The van der Waals surface area contributed by atoms with E-state index in [0.29, 0.717) is 12.1 Å². The molecule has 1 heterocycles. The van der Waals surface area contributed by atoms with Crippen molar-refractivity contribution in [2.24, 2.45) is 4.99 Å². The highest BCUT2D eigenvalue weighted by Crippen LogP contribution is 2.24. The molecule has 1 atom stereocenters. The van der Waals surface area contributed by atoms with Crippen LogP contribution in [0, 0.1) is 0 Å². The van der Waals surface area contributed by atoms with Crippen LogP contribution in [-0.2, 0) is 0 Å². The number of hydrogen-bond acceptors (Lipinski definition) is 3. The number of ether oxygens (including phenoxy) is 1. The first-order valence-electron chi connectivity index (χ1n) is 8.67. The molecule has 3 rings (SSSR count). The lowest BCUT2D eigenvalue weighted by molar-refractivity contribution is 0.374. The zero-order valence-corrected chi connectivity index (χ0v) is 14.2. The fourth-order valence-electron chi connectivity index (χ4n) is 3.25. The van der Waals surface area contributed by atoms with Gasteiger partial charge < -0.3 is 20.3 Å². The summed E-state index contributed by atoms with van der Waals surface area (Å²) in [5.41, 5.74) is 1.23. The monoisotopic (exact) mass is 316 g/mol. The summed E-state index contributed by atoms with van der Waals surface area (Å²) >= 11 is 0. The van der Waals surface area contributed by atoms with Gasteiger partial charge in [-0.25, -0.2) is 0 Å². The summed E-state index contributed by atoms with van der Waals surface area (Å²) in [6.45, 7) is 2.10. The van der Waals surface area contributed by atoms with E-state index in [4.69, 9.17) is 4.74 Å². The number of nitrogens with one attached hydrogen (secondary N) is 2. The molecule has 0 bridgehead atoms. The second kappa shape index (κ2) is 7.57. The molecular formula is C18H28N4O. The number of piperidine rings is 1.